The van der Waals surface area contributed by atoms with Gasteiger partial charge in [-0.15, -0.1) is 0 Å². The average molecular weight is 274 g/mol. The highest BCUT2D eigenvalue weighted by Crippen LogP contribution is 2.27. The zero-order valence-electron chi connectivity index (χ0n) is 11.5. The molecule has 1 saturated heterocycles. The molecule has 0 bridgehead atoms. The molecule has 1 N–H and O–H groups in total. The van der Waals surface area contributed by atoms with Crippen LogP contribution in [0.2, 0.25) is 0 Å². The summed E-state index contributed by atoms with van der Waals surface area (Å²) < 4.78 is 5.09. The van der Waals surface area contributed by atoms with Gasteiger partial charge in [0.25, 0.3) is 0 Å². The molecule has 0 amide bonds. The van der Waals surface area contributed by atoms with Gasteiger partial charge in [-0.05, 0) is 25.8 Å². The zero-order chi connectivity index (χ0) is 13.9. The van der Waals surface area contributed by atoms with Gasteiger partial charge in [-0.1, -0.05) is 0 Å². The van der Waals surface area contributed by atoms with E-state index in [2.05, 4.69) is 20.1 Å². The third-order valence-corrected chi connectivity index (χ3v) is 3.76. The van der Waals surface area contributed by atoms with E-state index < -0.39 is 0 Å². The molecule has 1 aliphatic heterocycles. The van der Waals surface area contributed by atoms with Crippen molar-refractivity contribution in [1.29, 1.82) is 0 Å². The molecule has 3 heterocycles. The molecule has 106 valence electrons. The van der Waals surface area contributed by atoms with Gasteiger partial charge in [-0.3, -0.25) is 14.9 Å². The SMILES string of the molecule is CCOC(=O)C1CCN(c2n[nH]c3cnccc23)CC1. The van der Waals surface area contributed by atoms with Crippen LogP contribution in [0.1, 0.15) is 19.8 Å². The number of H-pyrrole nitrogens is 1. The van der Waals surface area contributed by atoms with Crippen molar-refractivity contribution >= 4 is 22.7 Å². The Kier molecular flexibility index (Phi) is 3.54. The van der Waals surface area contributed by atoms with E-state index in [0.29, 0.717) is 6.61 Å². The lowest BCUT2D eigenvalue weighted by Crippen LogP contribution is -2.37. The minimum Gasteiger partial charge on any atom is -0.466 e. The van der Waals surface area contributed by atoms with E-state index in [0.717, 1.165) is 42.7 Å². The first-order chi connectivity index (χ1) is 9.79. The summed E-state index contributed by atoms with van der Waals surface area (Å²) in [6.45, 7) is 3.95. The lowest BCUT2D eigenvalue weighted by molar-refractivity contribution is -0.148. The van der Waals surface area contributed by atoms with E-state index >= 15 is 0 Å². The van der Waals surface area contributed by atoms with Gasteiger partial charge in [-0.2, -0.15) is 5.10 Å². The normalized spacial score (nSPS) is 16.6. The Morgan fingerprint density at radius 2 is 2.30 bits per heavy atom. The van der Waals surface area contributed by atoms with Crippen molar-refractivity contribution in [3.8, 4) is 0 Å². The Hall–Kier alpha value is -2.11. The number of nitrogens with zero attached hydrogens (tertiary/aromatic N) is 3. The van der Waals surface area contributed by atoms with Crippen LogP contribution in [0.15, 0.2) is 18.5 Å². The van der Waals surface area contributed by atoms with Crippen molar-refractivity contribution in [2.45, 2.75) is 19.8 Å². The lowest BCUT2D eigenvalue weighted by atomic mass is 9.97. The molecular weight excluding hydrogens is 256 g/mol. The maximum Gasteiger partial charge on any atom is 0.309 e. The smallest absolute Gasteiger partial charge is 0.309 e. The third kappa shape index (κ3) is 2.33. The van der Waals surface area contributed by atoms with E-state index in [-0.39, 0.29) is 11.9 Å². The van der Waals surface area contributed by atoms with Crippen molar-refractivity contribution in [3.63, 3.8) is 0 Å². The van der Waals surface area contributed by atoms with Crippen LogP contribution in [-0.4, -0.2) is 40.8 Å². The number of rotatable bonds is 3. The molecule has 0 spiro atoms. The summed E-state index contributed by atoms with van der Waals surface area (Å²) in [4.78, 5) is 18.0. The van der Waals surface area contributed by atoms with Crippen molar-refractivity contribution in [3.05, 3.63) is 18.5 Å². The quantitative estimate of drug-likeness (QED) is 0.863. The Balaban J connectivity index is 1.70. The van der Waals surface area contributed by atoms with Gasteiger partial charge in [-0.25, -0.2) is 0 Å². The highest BCUT2D eigenvalue weighted by atomic mass is 16.5. The summed E-state index contributed by atoms with van der Waals surface area (Å²) in [6, 6.07) is 1.96. The maximum absolute atomic E-state index is 11.7. The number of esters is 1. The summed E-state index contributed by atoms with van der Waals surface area (Å²) in [5.74, 6) is 0.908. The van der Waals surface area contributed by atoms with E-state index in [1.807, 2.05) is 13.0 Å². The Morgan fingerprint density at radius 1 is 1.50 bits per heavy atom. The predicted molar refractivity (Wildman–Crippen MR) is 75.5 cm³/mol. The monoisotopic (exact) mass is 274 g/mol. The molecule has 3 rings (SSSR count). The van der Waals surface area contributed by atoms with Gasteiger partial charge >= 0.3 is 5.97 Å². The molecule has 0 saturated carbocycles. The first kappa shape index (κ1) is 12.9. The fourth-order valence-electron chi connectivity index (χ4n) is 2.68. The molecule has 6 heteroatoms. The van der Waals surface area contributed by atoms with E-state index in [1.54, 1.807) is 12.4 Å². The summed E-state index contributed by atoms with van der Waals surface area (Å²) in [5.41, 5.74) is 0.940. The molecule has 1 aliphatic rings. The molecule has 20 heavy (non-hydrogen) atoms. The van der Waals surface area contributed by atoms with Crippen molar-refractivity contribution < 1.29 is 9.53 Å². The second-order valence-corrected chi connectivity index (χ2v) is 4.98. The number of carbonyl (C=O) groups is 1. The topological polar surface area (TPSA) is 71.1 Å². The number of anilines is 1. The number of ether oxygens (including phenoxy) is 1. The Bertz CT molecular complexity index is 602. The first-order valence-corrected chi connectivity index (χ1v) is 6.99. The fourth-order valence-corrected chi connectivity index (χ4v) is 2.68. The molecule has 0 unspecified atom stereocenters. The van der Waals surface area contributed by atoms with Gasteiger partial charge in [0.2, 0.25) is 0 Å². The van der Waals surface area contributed by atoms with Crippen molar-refractivity contribution in [1.82, 2.24) is 15.2 Å². The van der Waals surface area contributed by atoms with Crippen LogP contribution in [0.3, 0.4) is 0 Å². The molecule has 0 aromatic carbocycles. The van der Waals surface area contributed by atoms with Crippen LogP contribution in [0.4, 0.5) is 5.82 Å². The third-order valence-electron chi connectivity index (χ3n) is 3.76. The van der Waals surface area contributed by atoms with Crippen LogP contribution in [0.25, 0.3) is 10.9 Å². The number of nitrogens with one attached hydrogen (secondary N) is 1. The van der Waals surface area contributed by atoms with Crippen LogP contribution < -0.4 is 4.90 Å². The van der Waals surface area contributed by atoms with Gasteiger partial charge < -0.3 is 9.64 Å². The number of hydrogen-bond donors (Lipinski definition) is 1. The molecule has 2 aromatic rings. The predicted octanol–water partition coefficient (Wildman–Crippen LogP) is 1.74. The minimum atomic E-state index is -0.0664. The molecule has 0 atom stereocenters. The highest BCUT2D eigenvalue weighted by molar-refractivity contribution is 5.89. The van der Waals surface area contributed by atoms with Gasteiger partial charge in [0.05, 0.1) is 24.2 Å². The number of carbonyl (C=O) groups excluding carboxylic acids is 1. The first-order valence-electron chi connectivity index (χ1n) is 6.99. The number of pyridine rings is 1. The maximum atomic E-state index is 11.7. The van der Waals surface area contributed by atoms with Crippen molar-refractivity contribution in [2.24, 2.45) is 5.92 Å². The van der Waals surface area contributed by atoms with E-state index in [4.69, 9.17) is 4.74 Å². The second-order valence-electron chi connectivity index (χ2n) is 4.98. The number of fused-ring (bicyclic) bond motifs is 1. The standard InChI is InChI=1S/C14H18N4O2/c1-2-20-14(19)10-4-7-18(8-5-10)13-11-3-6-15-9-12(11)16-17-13/h3,6,9-10H,2,4-5,7-8H2,1H3,(H,16,17). The fraction of sp³-hybridized carbons (Fsp3) is 0.500. The van der Waals surface area contributed by atoms with Gasteiger partial charge in [0.1, 0.15) is 0 Å². The van der Waals surface area contributed by atoms with Crippen LogP contribution in [0, 0.1) is 5.92 Å². The average Bonchev–Trinajstić information content (AvgIpc) is 2.92. The molecule has 6 nitrogen and oxygen atoms in total. The molecule has 2 aromatic heterocycles. The minimum absolute atomic E-state index is 0.0260. The highest BCUT2D eigenvalue weighted by Gasteiger charge is 2.27. The molecular formula is C14H18N4O2. The number of aromatic amines is 1. The second kappa shape index (κ2) is 5.48. The summed E-state index contributed by atoms with van der Waals surface area (Å²) in [5, 5.41) is 8.44. The van der Waals surface area contributed by atoms with Crippen LogP contribution in [0.5, 0.6) is 0 Å². The van der Waals surface area contributed by atoms with Crippen LogP contribution >= 0.6 is 0 Å². The summed E-state index contributed by atoms with van der Waals surface area (Å²) >= 11 is 0. The zero-order valence-corrected chi connectivity index (χ0v) is 11.5. The Labute approximate surface area is 117 Å². The number of piperidine rings is 1. The molecule has 0 aliphatic carbocycles. The number of aromatic nitrogens is 3. The largest absolute Gasteiger partial charge is 0.466 e. The number of hydrogen-bond acceptors (Lipinski definition) is 5. The molecule has 0 radical (unpaired) electrons. The van der Waals surface area contributed by atoms with E-state index in [1.165, 1.54) is 0 Å². The molecule has 1 fully saturated rings. The van der Waals surface area contributed by atoms with Gasteiger partial charge in [0.15, 0.2) is 5.82 Å². The summed E-state index contributed by atoms with van der Waals surface area (Å²) in [7, 11) is 0. The lowest BCUT2D eigenvalue weighted by Gasteiger charge is -2.31. The Morgan fingerprint density at radius 3 is 3.05 bits per heavy atom. The van der Waals surface area contributed by atoms with Crippen molar-refractivity contribution in [2.75, 3.05) is 24.6 Å². The van der Waals surface area contributed by atoms with Gasteiger partial charge in [0, 0.05) is 24.7 Å². The summed E-state index contributed by atoms with van der Waals surface area (Å²) in [6.07, 6.45) is 5.18. The van der Waals surface area contributed by atoms with Crippen LogP contribution in [-0.2, 0) is 9.53 Å². The van der Waals surface area contributed by atoms with E-state index in [9.17, 15) is 4.79 Å².